The molecular weight excluding hydrogens is 333 g/mol. The first-order chi connectivity index (χ1) is 12.7. The number of aromatic nitrogens is 2. The third-order valence-corrected chi connectivity index (χ3v) is 3.83. The molecule has 0 saturated carbocycles. The number of nitrogens with one attached hydrogen (secondary N) is 2. The first-order valence-electron chi connectivity index (χ1n) is 8.41. The Labute approximate surface area is 150 Å². The highest BCUT2D eigenvalue weighted by Gasteiger charge is 2.08. The van der Waals surface area contributed by atoms with Gasteiger partial charge in [-0.05, 0) is 42.9 Å². The number of hydrogen-bond acceptors (Lipinski definition) is 5. The van der Waals surface area contributed by atoms with Crippen LogP contribution in [0.4, 0.5) is 10.2 Å². The Morgan fingerprint density at radius 2 is 1.81 bits per heavy atom. The molecule has 7 heteroatoms. The molecule has 134 valence electrons. The quantitative estimate of drug-likeness (QED) is 0.566. The van der Waals surface area contributed by atoms with Crippen LogP contribution in [0.2, 0.25) is 0 Å². The lowest BCUT2D eigenvalue weighted by Gasteiger charge is -2.11. The van der Waals surface area contributed by atoms with Crippen molar-refractivity contribution in [3.05, 3.63) is 65.7 Å². The van der Waals surface area contributed by atoms with E-state index < -0.39 is 0 Å². The first kappa shape index (κ1) is 17.8. The molecule has 0 spiro atoms. The first-order valence-corrected chi connectivity index (χ1v) is 8.41. The zero-order chi connectivity index (χ0) is 18.4. The minimum atomic E-state index is -0.368. The largest absolute Gasteiger partial charge is 0.368 e. The predicted octanol–water partition coefficient (Wildman–Crippen LogP) is 2.11. The van der Waals surface area contributed by atoms with Crippen molar-refractivity contribution in [1.82, 2.24) is 15.3 Å². The lowest BCUT2D eigenvalue weighted by Crippen LogP contribution is -2.29. The Hall–Kier alpha value is -3.06. The molecule has 3 aromatic rings. The van der Waals surface area contributed by atoms with Gasteiger partial charge >= 0.3 is 0 Å². The monoisotopic (exact) mass is 353 g/mol. The molecule has 4 N–H and O–H groups in total. The molecule has 26 heavy (non-hydrogen) atoms. The van der Waals surface area contributed by atoms with Gasteiger partial charge in [-0.25, -0.2) is 14.4 Å². The number of hydrogen-bond donors (Lipinski definition) is 3. The number of benzene rings is 2. The Morgan fingerprint density at radius 1 is 1.04 bits per heavy atom. The molecule has 0 aliphatic carbocycles. The lowest BCUT2D eigenvalue weighted by atomic mass is 10.2. The highest BCUT2D eigenvalue weighted by atomic mass is 19.1. The van der Waals surface area contributed by atoms with Crippen LogP contribution in [0.25, 0.3) is 10.9 Å². The molecule has 1 heterocycles. The van der Waals surface area contributed by atoms with Crippen LogP contribution in [-0.2, 0) is 6.42 Å². The topological polar surface area (TPSA) is 92.9 Å². The van der Waals surface area contributed by atoms with Gasteiger partial charge in [-0.1, -0.05) is 12.1 Å². The van der Waals surface area contributed by atoms with Gasteiger partial charge in [0.25, 0.3) is 5.91 Å². The summed E-state index contributed by atoms with van der Waals surface area (Å²) in [7, 11) is 0. The van der Waals surface area contributed by atoms with Crippen molar-refractivity contribution in [2.45, 2.75) is 6.42 Å². The molecule has 6 nitrogen and oxygen atoms in total. The maximum Gasteiger partial charge on any atom is 0.251 e. The summed E-state index contributed by atoms with van der Waals surface area (Å²) in [4.78, 5) is 21.0. The summed E-state index contributed by atoms with van der Waals surface area (Å²) in [5.74, 6) is 0.787. The average Bonchev–Trinajstić information content (AvgIpc) is 2.65. The van der Waals surface area contributed by atoms with Crippen molar-refractivity contribution in [2.75, 3.05) is 25.0 Å². The lowest BCUT2D eigenvalue weighted by molar-refractivity contribution is 0.0955. The molecule has 0 radical (unpaired) electrons. The molecule has 2 aromatic carbocycles. The molecule has 1 amide bonds. The van der Waals surface area contributed by atoms with E-state index in [0.29, 0.717) is 37.4 Å². The van der Waals surface area contributed by atoms with Crippen molar-refractivity contribution in [3.8, 4) is 0 Å². The summed E-state index contributed by atoms with van der Waals surface area (Å²) in [6.07, 6.45) is 0.598. The van der Waals surface area contributed by atoms with Crippen LogP contribution in [0.5, 0.6) is 0 Å². The normalized spacial score (nSPS) is 10.7. The van der Waals surface area contributed by atoms with E-state index in [0.717, 1.165) is 16.7 Å². The average molecular weight is 353 g/mol. The second-order valence-electron chi connectivity index (χ2n) is 5.73. The van der Waals surface area contributed by atoms with Crippen molar-refractivity contribution in [1.29, 1.82) is 0 Å². The Kier molecular flexibility index (Phi) is 5.70. The van der Waals surface area contributed by atoms with Crippen LogP contribution in [0, 0.1) is 5.82 Å². The van der Waals surface area contributed by atoms with E-state index in [1.165, 1.54) is 24.3 Å². The third-order valence-electron chi connectivity index (χ3n) is 3.83. The van der Waals surface area contributed by atoms with Crippen molar-refractivity contribution in [2.24, 2.45) is 5.73 Å². The second kappa shape index (κ2) is 8.35. The van der Waals surface area contributed by atoms with Gasteiger partial charge in [-0.15, -0.1) is 0 Å². The van der Waals surface area contributed by atoms with E-state index in [-0.39, 0.29) is 11.7 Å². The number of halogens is 1. The summed E-state index contributed by atoms with van der Waals surface area (Å²) in [5.41, 5.74) is 6.87. The maximum absolute atomic E-state index is 12.9. The van der Waals surface area contributed by atoms with E-state index in [4.69, 9.17) is 5.73 Å². The number of carbonyl (C=O) groups is 1. The van der Waals surface area contributed by atoms with Gasteiger partial charge in [0.1, 0.15) is 17.5 Å². The van der Waals surface area contributed by atoms with Crippen LogP contribution < -0.4 is 16.4 Å². The van der Waals surface area contributed by atoms with Crippen molar-refractivity contribution in [3.63, 3.8) is 0 Å². The summed E-state index contributed by atoms with van der Waals surface area (Å²) in [5, 5.41) is 6.94. The number of fused-ring (bicyclic) bond motifs is 1. The molecule has 0 fully saturated rings. The highest BCUT2D eigenvalue weighted by Crippen LogP contribution is 2.19. The van der Waals surface area contributed by atoms with Gasteiger partial charge in [0.05, 0.1) is 5.52 Å². The van der Waals surface area contributed by atoms with Gasteiger partial charge in [0, 0.05) is 30.5 Å². The number of rotatable bonds is 7. The SMILES string of the molecule is NCCc1nc(NCCNC(=O)c2ccc(F)cc2)c2ccccc2n1. The number of para-hydroxylation sites is 1. The smallest absolute Gasteiger partial charge is 0.251 e. The van der Waals surface area contributed by atoms with Crippen molar-refractivity contribution >= 4 is 22.6 Å². The number of nitrogens with zero attached hydrogens (tertiary/aromatic N) is 2. The van der Waals surface area contributed by atoms with Crippen LogP contribution in [0.1, 0.15) is 16.2 Å². The van der Waals surface area contributed by atoms with Gasteiger partial charge < -0.3 is 16.4 Å². The fourth-order valence-corrected chi connectivity index (χ4v) is 2.56. The van der Waals surface area contributed by atoms with Gasteiger partial charge in [0.2, 0.25) is 0 Å². The van der Waals surface area contributed by atoms with Crippen LogP contribution in [0.3, 0.4) is 0 Å². The number of anilines is 1. The molecule has 0 atom stereocenters. The summed E-state index contributed by atoms with van der Waals surface area (Å²) >= 11 is 0. The maximum atomic E-state index is 12.9. The second-order valence-corrected chi connectivity index (χ2v) is 5.73. The molecule has 1 aromatic heterocycles. The minimum absolute atomic E-state index is 0.247. The zero-order valence-electron chi connectivity index (χ0n) is 14.2. The Bertz CT molecular complexity index is 898. The number of nitrogens with two attached hydrogens (primary N) is 1. The van der Waals surface area contributed by atoms with E-state index in [9.17, 15) is 9.18 Å². The predicted molar refractivity (Wildman–Crippen MR) is 99.5 cm³/mol. The zero-order valence-corrected chi connectivity index (χ0v) is 14.2. The van der Waals surface area contributed by atoms with Crippen LogP contribution >= 0.6 is 0 Å². The van der Waals surface area contributed by atoms with E-state index in [1.807, 2.05) is 24.3 Å². The molecule has 0 aliphatic heterocycles. The Morgan fingerprint density at radius 3 is 2.58 bits per heavy atom. The van der Waals surface area contributed by atoms with Gasteiger partial charge in [-0.3, -0.25) is 4.79 Å². The molecule has 0 bridgehead atoms. The minimum Gasteiger partial charge on any atom is -0.368 e. The number of carbonyl (C=O) groups excluding carboxylic acids is 1. The van der Waals surface area contributed by atoms with E-state index in [1.54, 1.807) is 0 Å². The van der Waals surface area contributed by atoms with E-state index >= 15 is 0 Å². The highest BCUT2D eigenvalue weighted by molar-refractivity contribution is 5.94. The van der Waals surface area contributed by atoms with Crippen LogP contribution in [-0.4, -0.2) is 35.5 Å². The van der Waals surface area contributed by atoms with Gasteiger partial charge in [-0.2, -0.15) is 0 Å². The summed E-state index contributed by atoms with van der Waals surface area (Å²) in [6, 6.07) is 13.2. The van der Waals surface area contributed by atoms with Crippen molar-refractivity contribution < 1.29 is 9.18 Å². The Balaban J connectivity index is 1.62. The fraction of sp³-hybridized carbons (Fsp3) is 0.211. The molecule has 0 aliphatic rings. The number of amides is 1. The third kappa shape index (κ3) is 4.31. The molecule has 0 unspecified atom stereocenters. The molecular formula is C19H20FN5O. The standard InChI is InChI=1S/C19H20FN5O/c20-14-7-5-13(6-8-14)19(26)23-12-11-22-18-15-3-1-2-4-16(15)24-17(25-18)9-10-21/h1-8H,9-12,21H2,(H,23,26)(H,22,24,25). The molecule has 3 rings (SSSR count). The summed E-state index contributed by atoms with van der Waals surface area (Å²) in [6.45, 7) is 1.38. The van der Waals surface area contributed by atoms with E-state index in [2.05, 4.69) is 20.6 Å². The fourth-order valence-electron chi connectivity index (χ4n) is 2.56. The molecule has 0 saturated heterocycles. The summed E-state index contributed by atoms with van der Waals surface area (Å²) < 4.78 is 12.9. The van der Waals surface area contributed by atoms with Crippen LogP contribution in [0.15, 0.2) is 48.5 Å². The van der Waals surface area contributed by atoms with Gasteiger partial charge in [0.15, 0.2) is 0 Å².